The molecule has 19 heavy (non-hydrogen) atoms. The molecule has 2 heterocycles. The smallest absolute Gasteiger partial charge is 0.198 e. The number of anilines is 1. The van der Waals surface area contributed by atoms with Gasteiger partial charge in [0.1, 0.15) is 12.4 Å². The van der Waals surface area contributed by atoms with E-state index in [-0.39, 0.29) is 0 Å². The van der Waals surface area contributed by atoms with Crippen LogP contribution >= 0.6 is 0 Å². The minimum absolute atomic E-state index is 0.475. The molecule has 2 N–H and O–H groups in total. The van der Waals surface area contributed by atoms with Gasteiger partial charge in [0.25, 0.3) is 0 Å². The maximum Gasteiger partial charge on any atom is 0.198 e. The highest BCUT2D eigenvalue weighted by Gasteiger charge is 2.10. The maximum absolute atomic E-state index is 5.80. The molecular formula is C14H14N4O. The number of rotatable bonds is 3. The Morgan fingerprint density at radius 3 is 2.79 bits per heavy atom. The number of benzene rings is 1. The SMILES string of the molecule is Cc1c(N)nc2c(OCc3ccccc3)ccnn12. The molecule has 5 heteroatoms. The summed E-state index contributed by atoms with van der Waals surface area (Å²) in [6.45, 7) is 2.37. The maximum atomic E-state index is 5.80. The summed E-state index contributed by atoms with van der Waals surface area (Å²) in [5, 5.41) is 4.21. The van der Waals surface area contributed by atoms with Crippen molar-refractivity contribution in [1.82, 2.24) is 14.6 Å². The lowest BCUT2D eigenvalue weighted by molar-refractivity contribution is 0.307. The predicted molar refractivity (Wildman–Crippen MR) is 72.9 cm³/mol. The molecule has 0 fully saturated rings. The van der Waals surface area contributed by atoms with Gasteiger partial charge in [-0.2, -0.15) is 5.10 Å². The Hall–Kier alpha value is -2.56. The number of ether oxygens (including phenoxy) is 1. The number of nitrogen functional groups attached to an aromatic ring is 1. The van der Waals surface area contributed by atoms with E-state index in [1.54, 1.807) is 16.8 Å². The highest BCUT2D eigenvalue weighted by Crippen LogP contribution is 2.22. The predicted octanol–water partition coefficient (Wildman–Crippen LogP) is 2.20. The highest BCUT2D eigenvalue weighted by molar-refractivity contribution is 5.59. The third kappa shape index (κ3) is 2.10. The van der Waals surface area contributed by atoms with Gasteiger partial charge < -0.3 is 10.5 Å². The van der Waals surface area contributed by atoms with Crippen molar-refractivity contribution in [3.63, 3.8) is 0 Å². The largest absolute Gasteiger partial charge is 0.485 e. The Labute approximate surface area is 110 Å². The summed E-state index contributed by atoms with van der Waals surface area (Å²) in [5.41, 5.74) is 8.37. The average molecular weight is 254 g/mol. The van der Waals surface area contributed by atoms with Crippen LogP contribution in [0.1, 0.15) is 11.3 Å². The van der Waals surface area contributed by atoms with Crippen molar-refractivity contribution in [3.05, 3.63) is 53.9 Å². The first-order chi connectivity index (χ1) is 9.25. The van der Waals surface area contributed by atoms with E-state index in [4.69, 9.17) is 10.5 Å². The fraction of sp³-hybridized carbons (Fsp3) is 0.143. The molecule has 0 saturated heterocycles. The van der Waals surface area contributed by atoms with Crippen molar-refractivity contribution >= 4 is 11.5 Å². The molecular weight excluding hydrogens is 240 g/mol. The minimum Gasteiger partial charge on any atom is -0.485 e. The number of hydrogen-bond acceptors (Lipinski definition) is 4. The number of hydrogen-bond donors (Lipinski definition) is 1. The monoisotopic (exact) mass is 254 g/mol. The molecule has 0 aliphatic carbocycles. The third-order valence-electron chi connectivity index (χ3n) is 2.98. The molecule has 0 spiro atoms. The summed E-state index contributed by atoms with van der Waals surface area (Å²) in [7, 11) is 0. The summed E-state index contributed by atoms with van der Waals surface area (Å²) in [5.74, 6) is 1.15. The highest BCUT2D eigenvalue weighted by atomic mass is 16.5. The van der Waals surface area contributed by atoms with Crippen LogP contribution in [-0.4, -0.2) is 14.6 Å². The molecule has 2 aromatic heterocycles. The number of aromatic nitrogens is 3. The third-order valence-corrected chi connectivity index (χ3v) is 2.98. The molecule has 0 unspecified atom stereocenters. The van der Waals surface area contributed by atoms with Crippen molar-refractivity contribution < 1.29 is 4.74 Å². The second-order valence-electron chi connectivity index (χ2n) is 4.29. The van der Waals surface area contributed by atoms with Gasteiger partial charge in [-0.1, -0.05) is 30.3 Å². The van der Waals surface area contributed by atoms with Crippen LogP contribution in [0.5, 0.6) is 5.75 Å². The zero-order valence-electron chi connectivity index (χ0n) is 10.6. The van der Waals surface area contributed by atoms with Gasteiger partial charge in [-0.15, -0.1) is 0 Å². The van der Waals surface area contributed by atoms with Crippen LogP contribution in [0.3, 0.4) is 0 Å². The quantitative estimate of drug-likeness (QED) is 0.778. The minimum atomic E-state index is 0.475. The first kappa shape index (κ1) is 11.5. The van der Waals surface area contributed by atoms with Crippen LogP contribution in [0.25, 0.3) is 5.65 Å². The van der Waals surface area contributed by atoms with Gasteiger partial charge in [0.15, 0.2) is 11.4 Å². The summed E-state index contributed by atoms with van der Waals surface area (Å²) in [4.78, 5) is 4.28. The van der Waals surface area contributed by atoms with Gasteiger partial charge in [0.05, 0.1) is 11.9 Å². The van der Waals surface area contributed by atoms with E-state index in [0.29, 0.717) is 23.8 Å². The van der Waals surface area contributed by atoms with E-state index in [0.717, 1.165) is 11.3 Å². The Balaban J connectivity index is 1.91. The Bertz CT molecular complexity index is 706. The number of aryl methyl sites for hydroxylation is 1. The van der Waals surface area contributed by atoms with E-state index in [9.17, 15) is 0 Å². The summed E-state index contributed by atoms with van der Waals surface area (Å²) in [6.07, 6.45) is 1.68. The molecule has 0 atom stereocenters. The van der Waals surface area contributed by atoms with Crippen LogP contribution < -0.4 is 10.5 Å². The number of imidazole rings is 1. The van der Waals surface area contributed by atoms with E-state index < -0.39 is 0 Å². The molecule has 0 amide bonds. The van der Waals surface area contributed by atoms with Gasteiger partial charge in [0.2, 0.25) is 0 Å². The fourth-order valence-corrected chi connectivity index (χ4v) is 1.90. The number of nitrogens with zero attached hydrogens (tertiary/aromatic N) is 3. The topological polar surface area (TPSA) is 65.4 Å². The molecule has 96 valence electrons. The van der Waals surface area contributed by atoms with Gasteiger partial charge >= 0.3 is 0 Å². The lowest BCUT2D eigenvalue weighted by Gasteiger charge is -2.06. The molecule has 0 aliphatic rings. The van der Waals surface area contributed by atoms with E-state index in [1.165, 1.54) is 0 Å². The number of fused-ring (bicyclic) bond motifs is 1. The Kier molecular flexibility index (Phi) is 2.79. The molecule has 0 bridgehead atoms. The van der Waals surface area contributed by atoms with Gasteiger partial charge in [-0.05, 0) is 12.5 Å². The molecule has 5 nitrogen and oxygen atoms in total. The molecule has 1 aromatic carbocycles. The van der Waals surface area contributed by atoms with Gasteiger partial charge in [-0.25, -0.2) is 9.50 Å². The molecule has 0 radical (unpaired) electrons. The first-order valence-corrected chi connectivity index (χ1v) is 6.02. The van der Waals surface area contributed by atoms with Crippen LogP contribution in [0.15, 0.2) is 42.6 Å². The van der Waals surface area contributed by atoms with E-state index in [2.05, 4.69) is 10.1 Å². The first-order valence-electron chi connectivity index (χ1n) is 6.02. The van der Waals surface area contributed by atoms with E-state index >= 15 is 0 Å². The number of nitrogens with two attached hydrogens (primary N) is 1. The zero-order chi connectivity index (χ0) is 13.2. The Morgan fingerprint density at radius 2 is 2.00 bits per heavy atom. The second-order valence-corrected chi connectivity index (χ2v) is 4.29. The Morgan fingerprint density at radius 1 is 1.21 bits per heavy atom. The second kappa shape index (κ2) is 4.61. The lowest BCUT2D eigenvalue weighted by Crippen LogP contribution is -2.00. The zero-order valence-corrected chi connectivity index (χ0v) is 10.6. The van der Waals surface area contributed by atoms with Crippen molar-refractivity contribution in [1.29, 1.82) is 0 Å². The van der Waals surface area contributed by atoms with Crippen molar-refractivity contribution in [2.24, 2.45) is 0 Å². The van der Waals surface area contributed by atoms with Gasteiger partial charge in [-0.3, -0.25) is 0 Å². The summed E-state index contributed by atoms with van der Waals surface area (Å²) in [6, 6.07) is 11.8. The lowest BCUT2D eigenvalue weighted by atomic mass is 10.2. The summed E-state index contributed by atoms with van der Waals surface area (Å²) < 4.78 is 7.48. The standard InChI is InChI=1S/C14H14N4O/c1-10-13(15)17-14-12(7-8-16-18(10)14)19-9-11-5-3-2-4-6-11/h2-8H,9,15H2,1H3. The molecule has 3 aromatic rings. The van der Waals surface area contributed by atoms with Crippen molar-refractivity contribution in [3.8, 4) is 5.75 Å². The van der Waals surface area contributed by atoms with Crippen molar-refractivity contribution in [2.45, 2.75) is 13.5 Å². The molecule has 0 aliphatic heterocycles. The van der Waals surface area contributed by atoms with Crippen molar-refractivity contribution in [2.75, 3.05) is 5.73 Å². The molecule has 0 saturated carbocycles. The fourth-order valence-electron chi connectivity index (χ4n) is 1.90. The normalized spacial score (nSPS) is 10.8. The van der Waals surface area contributed by atoms with Gasteiger partial charge in [0, 0.05) is 6.07 Å². The van der Waals surface area contributed by atoms with Crippen LogP contribution in [0.4, 0.5) is 5.82 Å². The van der Waals surface area contributed by atoms with Crippen LogP contribution in [-0.2, 0) is 6.61 Å². The molecule has 3 rings (SSSR count). The average Bonchev–Trinajstić information content (AvgIpc) is 2.74. The van der Waals surface area contributed by atoms with E-state index in [1.807, 2.05) is 37.3 Å². The van der Waals surface area contributed by atoms with Crippen LogP contribution in [0.2, 0.25) is 0 Å². The van der Waals surface area contributed by atoms with Crippen LogP contribution in [0, 0.1) is 6.92 Å². The summed E-state index contributed by atoms with van der Waals surface area (Å²) >= 11 is 0.